The van der Waals surface area contributed by atoms with Gasteiger partial charge in [-0.05, 0) is 31.0 Å². The lowest BCUT2D eigenvalue weighted by Gasteiger charge is -2.43. The van der Waals surface area contributed by atoms with E-state index < -0.39 is 0 Å². The summed E-state index contributed by atoms with van der Waals surface area (Å²) in [6.45, 7) is 1.51. The summed E-state index contributed by atoms with van der Waals surface area (Å²) in [5.41, 5.74) is 9.00. The molecule has 2 saturated heterocycles. The molecule has 8 heteroatoms. The van der Waals surface area contributed by atoms with Crippen LogP contribution in [0.1, 0.15) is 12.8 Å². The molecule has 2 aliphatic rings. The van der Waals surface area contributed by atoms with Crippen LogP contribution in [0.4, 0.5) is 21.6 Å². The lowest BCUT2D eigenvalue weighted by atomic mass is 10.1. The Balaban J connectivity index is 1.45. The van der Waals surface area contributed by atoms with Crippen molar-refractivity contribution >= 4 is 17.2 Å². The third-order valence-corrected chi connectivity index (χ3v) is 5.79. The third-order valence-electron chi connectivity index (χ3n) is 5.79. The number of halogens is 1. The Bertz CT molecular complexity index is 1050. The summed E-state index contributed by atoms with van der Waals surface area (Å²) in [6.07, 6.45) is 5.01. The lowest BCUT2D eigenvalue weighted by molar-refractivity contribution is 0.477. The van der Waals surface area contributed by atoms with Crippen molar-refractivity contribution in [3.8, 4) is 17.0 Å². The first kappa shape index (κ1) is 17.7. The van der Waals surface area contributed by atoms with Gasteiger partial charge in [0.15, 0.2) is 5.82 Å². The van der Waals surface area contributed by atoms with Crippen LogP contribution in [0.15, 0.2) is 48.8 Å². The number of hydrogen-bond acceptors (Lipinski definition) is 7. The van der Waals surface area contributed by atoms with Crippen molar-refractivity contribution in [2.24, 2.45) is 0 Å². The average molecular weight is 392 g/mol. The van der Waals surface area contributed by atoms with Gasteiger partial charge in [0, 0.05) is 36.8 Å². The van der Waals surface area contributed by atoms with Gasteiger partial charge in [0.05, 0.1) is 29.5 Å². The van der Waals surface area contributed by atoms with Crippen LogP contribution in [-0.4, -0.2) is 45.5 Å². The summed E-state index contributed by atoms with van der Waals surface area (Å²) >= 11 is 0. The summed E-state index contributed by atoms with van der Waals surface area (Å²) in [6, 6.07) is 11.0. The second-order valence-electron chi connectivity index (χ2n) is 7.58. The molecule has 148 valence electrons. The number of anilines is 3. The molecule has 0 aliphatic carbocycles. The Morgan fingerprint density at radius 1 is 1.03 bits per heavy atom. The van der Waals surface area contributed by atoms with Crippen LogP contribution in [0.2, 0.25) is 0 Å². The van der Waals surface area contributed by atoms with Crippen molar-refractivity contribution in [1.29, 1.82) is 0 Å². The van der Waals surface area contributed by atoms with Gasteiger partial charge in [-0.25, -0.2) is 4.39 Å². The van der Waals surface area contributed by atoms with Crippen LogP contribution < -0.4 is 15.5 Å². The number of fused-ring (bicyclic) bond motifs is 2. The molecule has 2 bridgehead atoms. The van der Waals surface area contributed by atoms with E-state index in [-0.39, 0.29) is 23.7 Å². The summed E-state index contributed by atoms with van der Waals surface area (Å²) in [7, 11) is 0. The van der Waals surface area contributed by atoms with Crippen LogP contribution in [0, 0.1) is 5.82 Å². The van der Waals surface area contributed by atoms with E-state index in [1.54, 1.807) is 30.5 Å². The number of nitrogen functional groups attached to an aromatic ring is 1. The first-order valence-electron chi connectivity index (χ1n) is 9.65. The van der Waals surface area contributed by atoms with Gasteiger partial charge in [0.25, 0.3) is 0 Å². The summed E-state index contributed by atoms with van der Waals surface area (Å²) in [4.78, 5) is 8.51. The number of nitrogens with two attached hydrogens (primary N) is 1. The number of nitrogens with zero attached hydrogens (tertiary/aromatic N) is 5. The van der Waals surface area contributed by atoms with Crippen molar-refractivity contribution in [2.45, 2.75) is 24.9 Å². The van der Waals surface area contributed by atoms with E-state index in [0.717, 1.165) is 37.3 Å². The number of rotatable bonds is 3. The maximum atomic E-state index is 13.7. The van der Waals surface area contributed by atoms with E-state index in [9.17, 15) is 9.50 Å². The topological polar surface area (TPSA) is 91.4 Å². The van der Waals surface area contributed by atoms with E-state index in [1.165, 1.54) is 6.20 Å². The van der Waals surface area contributed by atoms with E-state index in [4.69, 9.17) is 5.73 Å². The largest absolute Gasteiger partial charge is 0.507 e. The van der Waals surface area contributed by atoms with Gasteiger partial charge < -0.3 is 20.6 Å². The molecule has 4 heterocycles. The number of phenolic OH excluding ortho intramolecular Hbond substituents is 1. The maximum absolute atomic E-state index is 13.7. The number of aromatic hydroxyl groups is 1. The fourth-order valence-corrected chi connectivity index (χ4v) is 4.53. The molecule has 0 radical (unpaired) electrons. The van der Waals surface area contributed by atoms with Gasteiger partial charge in [0.1, 0.15) is 11.6 Å². The average Bonchev–Trinajstić information content (AvgIpc) is 2.98. The number of phenols is 1. The maximum Gasteiger partial charge on any atom is 0.169 e. The van der Waals surface area contributed by atoms with Gasteiger partial charge in [-0.2, -0.15) is 0 Å². The molecular weight excluding hydrogens is 371 g/mol. The predicted molar refractivity (Wildman–Crippen MR) is 109 cm³/mol. The van der Waals surface area contributed by atoms with Gasteiger partial charge >= 0.3 is 0 Å². The molecule has 5 rings (SSSR count). The zero-order valence-corrected chi connectivity index (χ0v) is 15.7. The minimum absolute atomic E-state index is 0.154. The highest BCUT2D eigenvalue weighted by molar-refractivity contribution is 5.74. The zero-order valence-electron chi connectivity index (χ0n) is 15.7. The van der Waals surface area contributed by atoms with E-state index in [1.807, 2.05) is 12.1 Å². The minimum atomic E-state index is -0.320. The molecule has 2 aliphatic heterocycles. The highest BCUT2D eigenvalue weighted by atomic mass is 19.1. The quantitative estimate of drug-likeness (QED) is 0.708. The summed E-state index contributed by atoms with van der Waals surface area (Å²) in [5, 5.41) is 18.5. The smallest absolute Gasteiger partial charge is 0.169 e. The molecule has 2 unspecified atom stereocenters. The van der Waals surface area contributed by atoms with E-state index in [0.29, 0.717) is 17.1 Å². The van der Waals surface area contributed by atoms with Gasteiger partial charge in [-0.1, -0.05) is 12.1 Å². The number of para-hydroxylation sites is 1. The molecule has 0 amide bonds. The highest BCUT2D eigenvalue weighted by Gasteiger charge is 2.41. The Morgan fingerprint density at radius 2 is 1.79 bits per heavy atom. The Morgan fingerprint density at radius 3 is 2.52 bits per heavy atom. The molecule has 29 heavy (non-hydrogen) atoms. The van der Waals surface area contributed by atoms with Crippen LogP contribution >= 0.6 is 0 Å². The van der Waals surface area contributed by atoms with E-state index in [2.05, 4.69) is 25.0 Å². The number of piperazine rings is 1. The second kappa shape index (κ2) is 6.88. The molecule has 1 aromatic carbocycles. The molecule has 2 atom stereocenters. The first-order valence-corrected chi connectivity index (χ1v) is 9.65. The lowest BCUT2D eigenvalue weighted by Crippen LogP contribution is -2.54. The normalized spacial score (nSPS) is 20.9. The van der Waals surface area contributed by atoms with Crippen LogP contribution in [-0.2, 0) is 0 Å². The van der Waals surface area contributed by atoms with Crippen molar-refractivity contribution in [3.63, 3.8) is 0 Å². The predicted octanol–water partition coefficient (Wildman–Crippen LogP) is 2.82. The van der Waals surface area contributed by atoms with Gasteiger partial charge in [-0.3, -0.25) is 4.98 Å². The standard InChI is InChI=1S/C21H21FN6O/c22-13-7-16(10-24-9-13)28-14-5-6-15(28)12-27(11-14)19-8-18(25-26-21(19)23)17-3-1-2-4-20(17)29/h1-4,7-10,14-15,29H,5-6,11-12H2,(H2,23,26). The van der Waals surface area contributed by atoms with Crippen LogP contribution in [0.25, 0.3) is 11.3 Å². The van der Waals surface area contributed by atoms with Crippen molar-refractivity contribution in [1.82, 2.24) is 15.2 Å². The van der Waals surface area contributed by atoms with Crippen molar-refractivity contribution in [2.75, 3.05) is 28.6 Å². The summed E-state index contributed by atoms with van der Waals surface area (Å²) < 4.78 is 13.7. The van der Waals surface area contributed by atoms with Crippen molar-refractivity contribution < 1.29 is 9.50 Å². The zero-order chi connectivity index (χ0) is 20.0. The molecule has 7 nitrogen and oxygen atoms in total. The molecular formula is C21H21FN6O. The number of hydrogen-bond donors (Lipinski definition) is 2. The summed E-state index contributed by atoms with van der Waals surface area (Å²) in [5.74, 6) is 0.199. The number of aromatic nitrogens is 3. The SMILES string of the molecule is Nc1nnc(-c2ccccc2O)cc1N1CC2CCC(C1)N2c1cncc(F)c1. The number of benzene rings is 1. The van der Waals surface area contributed by atoms with E-state index >= 15 is 0 Å². The van der Waals surface area contributed by atoms with Gasteiger partial charge in [-0.15, -0.1) is 10.2 Å². The minimum Gasteiger partial charge on any atom is -0.507 e. The molecule has 0 saturated carbocycles. The van der Waals surface area contributed by atoms with Crippen LogP contribution in [0.5, 0.6) is 5.75 Å². The Labute approximate surface area is 167 Å². The second-order valence-corrected chi connectivity index (χ2v) is 7.58. The first-order chi connectivity index (χ1) is 14.1. The number of pyridine rings is 1. The third kappa shape index (κ3) is 3.10. The fourth-order valence-electron chi connectivity index (χ4n) is 4.53. The molecule has 2 fully saturated rings. The van der Waals surface area contributed by atoms with Gasteiger partial charge in [0.2, 0.25) is 0 Å². The van der Waals surface area contributed by atoms with Crippen molar-refractivity contribution in [3.05, 3.63) is 54.6 Å². The highest BCUT2D eigenvalue weighted by Crippen LogP contribution is 2.38. The molecule has 2 aromatic heterocycles. The molecule has 0 spiro atoms. The fraction of sp³-hybridized carbons (Fsp3) is 0.286. The molecule has 3 aromatic rings. The van der Waals surface area contributed by atoms with Crippen LogP contribution in [0.3, 0.4) is 0 Å². The molecule has 3 N–H and O–H groups in total. The Kier molecular flexibility index (Phi) is 4.19. The monoisotopic (exact) mass is 392 g/mol. The Hall–Kier alpha value is -3.42.